The molecule has 0 spiro atoms. The van der Waals surface area contributed by atoms with Crippen LogP contribution in [0, 0.1) is 6.92 Å². The number of carbonyl (C=O) groups is 1. The highest BCUT2D eigenvalue weighted by Crippen LogP contribution is 2.08. The number of pyridine rings is 2. The summed E-state index contributed by atoms with van der Waals surface area (Å²) in [6.07, 6.45) is 2.67. The van der Waals surface area contributed by atoms with Crippen molar-refractivity contribution >= 4 is 11.6 Å². The number of rotatable bonds is 6. The summed E-state index contributed by atoms with van der Waals surface area (Å²) < 4.78 is 0. The second-order valence-electron chi connectivity index (χ2n) is 4.81. The van der Waals surface area contributed by atoms with Crippen molar-refractivity contribution in [2.45, 2.75) is 26.8 Å². The van der Waals surface area contributed by atoms with Crippen LogP contribution in [0.2, 0.25) is 0 Å². The number of hydrogen-bond donors (Lipinski definition) is 2. The van der Waals surface area contributed by atoms with Crippen molar-refractivity contribution in [2.24, 2.45) is 0 Å². The number of anilines is 1. The van der Waals surface area contributed by atoms with E-state index in [0.717, 1.165) is 30.0 Å². The van der Waals surface area contributed by atoms with Gasteiger partial charge in [-0.1, -0.05) is 13.0 Å². The van der Waals surface area contributed by atoms with Gasteiger partial charge in [-0.25, -0.2) is 0 Å². The first-order chi connectivity index (χ1) is 10.2. The summed E-state index contributed by atoms with van der Waals surface area (Å²) in [5.41, 5.74) is 3.09. The van der Waals surface area contributed by atoms with E-state index < -0.39 is 0 Å². The molecule has 21 heavy (non-hydrogen) atoms. The van der Waals surface area contributed by atoms with E-state index in [0.29, 0.717) is 12.2 Å². The van der Waals surface area contributed by atoms with Crippen molar-refractivity contribution in [1.29, 1.82) is 0 Å². The monoisotopic (exact) mass is 284 g/mol. The van der Waals surface area contributed by atoms with Crippen LogP contribution in [0.5, 0.6) is 0 Å². The van der Waals surface area contributed by atoms with E-state index in [-0.39, 0.29) is 5.91 Å². The zero-order valence-corrected chi connectivity index (χ0v) is 12.4. The Morgan fingerprint density at radius 2 is 2.14 bits per heavy atom. The van der Waals surface area contributed by atoms with Crippen molar-refractivity contribution in [3.8, 4) is 0 Å². The minimum absolute atomic E-state index is 0.196. The second kappa shape index (κ2) is 7.38. The van der Waals surface area contributed by atoms with E-state index in [9.17, 15) is 4.79 Å². The molecule has 110 valence electrons. The molecule has 2 heterocycles. The predicted octanol–water partition coefficient (Wildman–Crippen LogP) is 2.54. The first-order valence-corrected chi connectivity index (χ1v) is 7.09. The first kappa shape index (κ1) is 15.0. The number of hydrogen-bond acceptors (Lipinski definition) is 4. The van der Waals surface area contributed by atoms with Gasteiger partial charge in [-0.15, -0.1) is 0 Å². The maximum absolute atomic E-state index is 12.1. The van der Waals surface area contributed by atoms with Crippen LogP contribution in [0.15, 0.2) is 36.5 Å². The highest BCUT2D eigenvalue weighted by Gasteiger charge is 2.08. The molecule has 2 rings (SSSR count). The normalized spacial score (nSPS) is 10.2. The average molecular weight is 284 g/mol. The quantitative estimate of drug-likeness (QED) is 0.855. The summed E-state index contributed by atoms with van der Waals surface area (Å²) >= 11 is 0. The van der Waals surface area contributed by atoms with E-state index in [1.165, 1.54) is 0 Å². The maximum atomic E-state index is 12.1. The highest BCUT2D eigenvalue weighted by atomic mass is 16.1. The van der Waals surface area contributed by atoms with Crippen molar-refractivity contribution < 1.29 is 4.79 Å². The third-order valence-corrected chi connectivity index (χ3v) is 2.95. The fourth-order valence-electron chi connectivity index (χ4n) is 1.89. The summed E-state index contributed by atoms with van der Waals surface area (Å²) in [6, 6.07) is 9.36. The van der Waals surface area contributed by atoms with Crippen LogP contribution in [0.25, 0.3) is 0 Å². The molecule has 1 amide bonds. The van der Waals surface area contributed by atoms with Crippen LogP contribution >= 0.6 is 0 Å². The fraction of sp³-hybridized carbons (Fsp3) is 0.312. The molecular formula is C16H20N4O. The van der Waals surface area contributed by atoms with Crippen LogP contribution in [-0.4, -0.2) is 22.4 Å². The van der Waals surface area contributed by atoms with Gasteiger partial charge < -0.3 is 10.6 Å². The summed E-state index contributed by atoms with van der Waals surface area (Å²) in [5.74, 6) is -0.196. The van der Waals surface area contributed by atoms with Gasteiger partial charge in [0.2, 0.25) is 0 Å². The van der Waals surface area contributed by atoms with E-state index in [1.54, 1.807) is 12.3 Å². The van der Waals surface area contributed by atoms with E-state index in [2.05, 4.69) is 27.5 Å². The Kier molecular flexibility index (Phi) is 5.26. The van der Waals surface area contributed by atoms with Gasteiger partial charge in [0, 0.05) is 24.1 Å². The molecule has 2 aromatic heterocycles. The smallest absolute Gasteiger partial charge is 0.270 e. The Balaban J connectivity index is 1.96. The molecular weight excluding hydrogens is 264 g/mol. The van der Waals surface area contributed by atoms with Crippen LogP contribution < -0.4 is 10.6 Å². The SMILES string of the molecule is CCCNc1ccnc(C(=O)NCc2cccc(C)n2)c1. The van der Waals surface area contributed by atoms with Gasteiger partial charge in [0.05, 0.1) is 12.2 Å². The molecule has 0 unspecified atom stereocenters. The van der Waals surface area contributed by atoms with Crippen LogP contribution in [0.3, 0.4) is 0 Å². The topological polar surface area (TPSA) is 66.9 Å². The number of carbonyl (C=O) groups excluding carboxylic acids is 1. The van der Waals surface area contributed by atoms with Crippen molar-refractivity contribution in [3.05, 3.63) is 53.6 Å². The molecule has 5 heteroatoms. The third-order valence-electron chi connectivity index (χ3n) is 2.95. The number of aryl methyl sites for hydroxylation is 1. The predicted molar refractivity (Wildman–Crippen MR) is 83.2 cm³/mol. The minimum atomic E-state index is -0.196. The molecule has 2 N–H and O–H groups in total. The number of amides is 1. The molecule has 0 saturated carbocycles. The molecule has 2 aromatic rings. The number of nitrogens with zero attached hydrogens (tertiary/aromatic N) is 2. The van der Waals surface area contributed by atoms with Crippen LogP contribution in [0.1, 0.15) is 35.2 Å². The fourth-order valence-corrected chi connectivity index (χ4v) is 1.89. The van der Waals surface area contributed by atoms with Crippen LogP contribution in [0.4, 0.5) is 5.69 Å². The van der Waals surface area contributed by atoms with Gasteiger partial charge >= 0.3 is 0 Å². The Morgan fingerprint density at radius 3 is 2.90 bits per heavy atom. The molecule has 0 aliphatic rings. The summed E-state index contributed by atoms with van der Waals surface area (Å²) in [7, 11) is 0. The minimum Gasteiger partial charge on any atom is -0.385 e. The average Bonchev–Trinajstić information content (AvgIpc) is 2.51. The molecule has 0 aliphatic heterocycles. The third kappa shape index (κ3) is 4.56. The second-order valence-corrected chi connectivity index (χ2v) is 4.81. The van der Waals surface area contributed by atoms with Crippen LogP contribution in [-0.2, 0) is 6.54 Å². The van der Waals surface area contributed by atoms with Crippen molar-refractivity contribution in [3.63, 3.8) is 0 Å². The molecule has 0 atom stereocenters. The lowest BCUT2D eigenvalue weighted by Crippen LogP contribution is -2.24. The summed E-state index contributed by atoms with van der Waals surface area (Å²) in [5, 5.41) is 6.07. The van der Waals surface area contributed by atoms with E-state index >= 15 is 0 Å². The van der Waals surface area contributed by atoms with Gasteiger partial charge in [-0.05, 0) is 37.6 Å². The lowest BCUT2D eigenvalue weighted by atomic mass is 10.2. The molecule has 0 bridgehead atoms. The summed E-state index contributed by atoms with van der Waals surface area (Å²) in [6.45, 7) is 5.29. The standard InChI is InChI=1S/C16H20N4O/c1-3-8-17-13-7-9-18-15(10-13)16(21)19-11-14-6-4-5-12(2)20-14/h4-7,9-10H,3,8,11H2,1-2H3,(H,17,18)(H,19,21). The van der Waals surface area contributed by atoms with Crippen molar-refractivity contribution in [1.82, 2.24) is 15.3 Å². The maximum Gasteiger partial charge on any atom is 0.270 e. The Bertz CT molecular complexity index is 613. The van der Waals surface area contributed by atoms with Gasteiger partial charge in [-0.3, -0.25) is 14.8 Å². The molecule has 0 radical (unpaired) electrons. The van der Waals surface area contributed by atoms with Gasteiger partial charge in [0.25, 0.3) is 5.91 Å². The summed E-state index contributed by atoms with van der Waals surface area (Å²) in [4.78, 5) is 20.6. The lowest BCUT2D eigenvalue weighted by molar-refractivity contribution is 0.0945. The number of aromatic nitrogens is 2. The van der Waals surface area contributed by atoms with Crippen molar-refractivity contribution in [2.75, 3.05) is 11.9 Å². The molecule has 0 fully saturated rings. The molecule has 0 aliphatic carbocycles. The van der Waals surface area contributed by atoms with Gasteiger partial charge in [0.1, 0.15) is 5.69 Å². The highest BCUT2D eigenvalue weighted by molar-refractivity contribution is 5.93. The molecule has 5 nitrogen and oxygen atoms in total. The first-order valence-electron chi connectivity index (χ1n) is 7.09. The Labute approximate surface area is 124 Å². The lowest BCUT2D eigenvalue weighted by Gasteiger charge is -2.07. The zero-order valence-electron chi connectivity index (χ0n) is 12.4. The van der Waals surface area contributed by atoms with E-state index in [4.69, 9.17) is 0 Å². The number of nitrogens with one attached hydrogen (secondary N) is 2. The van der Waals surface area contributed by atoms with E-state index in [1.807, 2.05) is 31.2 Å². The Hall–Kier alpha value is -2.43. The van der Waals surface area contributed by atoms with Gasteiger partial charge in [0.15, 0.2) is 0 Å². The molecule has 0 saturated heterocycles. The Morgan fingerprint density at radius 1 is 1.29 bits per heavy atom. The van der Waals surface area contributed by atoms with Gasteiger partial charge in [-0.2, -0.15) is 0 Å². The molecule has 0 aromatic carbocycles. The largest absolute Gasteiger partial charge is 0.385 e. The zero-order chi connectivity index (χ0) is 15.1.